The molecule has 7 heteroatoms. The Kier molecular flexibility index (Phi) is 4.94. The van der Waals surface area contributed by atoms with E-state index in [-0.39, 0.29) is 18.3 Å². The fourth-order valence-corrected chi connectivity index (χ4v) is 4.91. The van der Waals surface area contributed by atoms with Gasteiger partial charge in [-0.3, -0.25) is 9.52 Å². The topological polar surface area (TPSA) is 75.7 Å². The summed E-state index contributed by atoms with van der Waals surface area (Å²) in [5.41, 5.74) is 0.988. The molecule has 1 heterocycles. The van der Waals surface area contributed by atoms with Crippen molar-refractivity contribution in [2.45, 2.75) is 19.6 Å². The number of hydrogen-bond acceptors (Lipinski definition) is 4. The van der Waals surface area contributed by atoms with E-state index in [4.69, 9.17) is 4.74 Å². The minimum atomic E-state index is -3.66. The van der Waals surface area contributed by atoms with E-state index in [0.29, 0.717) is 17.1 Å². The molecule has 30 heavy (non-hydrogen) atoms. The van der Waals surface area contributed by atoms with Crippen LogP contribution in [-0.2, 0) is 20.6 Å². The molecule has 0 aliphatic carbocycles. The lowest BCUT2D eigenvalue weighted by molar-refractivity contribution is -0.127. The lowest BCUT2D eigenvalue weighted by atomic mass is 9.93. The molecule has 1 aliphatic rings. The Morgan fingerprint density at radius 3 is 2.60 bits per heavy atom. The third-order valence-corrected chi connectivity index (χ3v) is 6.53. The summed E-state index contributed by atoms with van der Waals surface area (Å²) in [7, 11) is -1.99. The molecule has 1 aliphatic heterocycles. The first kappa shape index (κ1) is 20.2. The Morgan fingerprint density at radius 2 is 1.80 bits per heavy atom. The van der Waals surface area contributed by atoms with E-state index >= 15 is 0 Å². The number of carbonyl (C=O) groups excluding carboxylic acids is 1. The molecule has 3 aromatic rings. The molecule has 0 spiro atoms. The van der Waals surface area contributed by atoms with Crippen LogP contribution in [-0.4, -0.2) is 28.0 Å². The van der Waals surface area contributed by atoms with Crippen molar-refractivity contribution in [2.24, 2.45) is 5.41 Å². The van der Waals surface area contributed by atoms with Crippen molar-refractivity contribution in [3.05, 3.63) is 66.2 Å². The normalized spacial score (nSPS) is 16.0. The van der Waals surface area contributed by atoms with Gasteiger partial charge in [-0.1, -0.05) is 42.5 Å². The number of nitrogens with zero attached hydrogens (tertiary/aromatic N) is 1. The maximum absolute atomic E-state index is 12.9. The summed E-state index contributed by atoms with van der Waals surface area (Å²) < 4.78 is 34.2. The van der Waals surface area contributed by atoms with Gasteiger partial charge in [0, 0.05) is 7.05 Å². The molecule has 0 radical (unpaired) electrons. The fourth-order valence-electron chi connectivity index (χ4n) is 3.69. The van der Waals surface area contributed by atoms with Crippen molar-refractivity contribution >= 4 is 38.1 Å². The number of anilines is 2. The average molecular weight is 425 g/mol. The van der Waals surface area contributed by atoms with Gasteiger partial charge in [0.1, 0.15) is 12.4 Å². The van der Waals surface area contributed by atoms with Crippen LogP contribution in [0.25, 0.3) is 10.8 Å². The first-order valence-electron chi connectivity index (χ1n) is 9.68. The van der Waals surface area contributed by atoms with Crippen molar-refractivity contribution in [1.29, 1.82) is 0 Å². The second-order valence-electron chi connectivity index (χ2n) is 8.22. The third-order valence-electron chi connectivity index (χ3n) is 5.29. The van der Waals surface area contributed by atoms with Gasteiger partial charge in [-0.25, -0.2) is 8.42 Å². The Hall–Kier alpha value is -3.06. The summed E-state index contributed by atoms with van der Waals surface area (Å²) >= 11 is 0. The van der Waals surface area contributed by atoms with Crippen molar-refractivity contribution < 1.29 is 17.9 Å². The molecule has 0 atom stereocenters. The second-order valence-corrected chi connectivity index (χ2v) is 9.94. The maximum Gasteiger partial charge on any atom is 0.236 e. The molecular weight excluding hydrogens is 400 g/mol. The van der Waals surface area contributed by atoms with E-state index in [0.717, 1.165) is 16.3 Å². The van der Waals surface area contributed by atoms with E-state index in [9.17, 15) is 13.2 Å². The Balaban J connectivity index is 1.62. The molecular formula is C23H24N2O4S. The number of carbonyl (C=O) groups is 1. The monoisotopic (exact) mass is 424 g/mol. The minimum Gasteiger partial charge on any atom is -0.490 e. The predicted octanol–water partition coefficient (Wildman–Crippen LogP) is 4.16. The van der Waals surface area contributed by atoms with Crippen LogP contribution in [0.15, 0.2) is 60.7 Å². The molecule has 0 saturated carbocycles. The molecule has 0 bridgehead atoms. The first-order chi connectivity index (χ1) is 14.2. The van der Waals surface area contributed by atoms with Gasteiger partial charge in [-0.2, -0.15) is 0 Å². The Labute approximate surface area is 176 Å². The van der Waals surface area contributed by atoms with E-state index < -0.39 is 15.4 Å². The standard InChI is InChI=1S/C23H24N2O4S/c1-23(2)15-29-21-12-11-18(13-20(21)25(3)22(23)26)24-30(27,28)14-17-9-6-8-16-7-4-5-10-19(16)17/h4-13,24H,14-15H2,1-3H3. The number of ether oxygens (including phenoxy) is 1. The largest absolute Gasteiger partial charge is 0.490 e. The van der Waals surface area contributed by atoms with Crippen LogP contribution in [0.5, 0.6) is 5.75 Å². The molecule has 0 fully saturated rings. The zero-order valence-electron chi connectivity index (χ0n) is 17.2. The predicted molar refractivity (Wildman–Crippen MR) is 119 cm³/mol. The quantitative estimate of drug-likeness (QED) is 0.682. The van der Waals surface area contributed by atoms with Crippen molar-refractivity contribution in [3.63, 3.8) is 0 Å². The van der Waals surface area contributed by atoms with Gasteiger partial charge in [0.2, 0.25) is 15.9 Å². The lowest BCUT2D eigenvalue weighted by Gasteiger charge is -2.24. The number of amides is 1. The number of fused-ring (bicyclic) bond motifs is 2. The Bertz CT molecular complexity index is 1230. The molecule has 0 saturated heterocycles. The number of benzene rings is 3. The molecule has 1 amide bonds. The van der Waals surface area contributed by atoms with Gasteiger partial charge in [0.25, 0.3) is 0 Å². The van der Waals surface area contributed by atoms with Crippen molar-refractivity contribution in [1.82, 2.24) is 0 Å². The van der Waals surface area contributed by atoms with Gasteiger partial charge < -0.3 is 9.64 Å². The smallest absolute Gasteiger partial charge is 0.236 e. The highest BCUT2D eigenvalue weighted by Gasteiger charge is 2.36. The molecule has 0 unspecified atom stereocenters. The Morgan fingerprint density at radius 1 is 1.07 bits per heavy atom. The molecule has 1 N–H and O–H groups in total. The minimum absolute atomic E-state index is 0.0861. The highest BCUT2D eigenvalue weighted by Crippen LogP contribution is 2.37. The molecule has 0 aromatic heterocycles. The van der Waals surface area contributed by atoms with Crippen LogP contribution < -0.4 is 14.4 Å². The molecule has 156 valence electrons. The van der Waals surface area contributed by atoms with Gasteiger partial charge in [0.05, 0.1) is 22.5 Å². The maximum atomic E-state index is 12.9. The number of sulfonamides is 1. The lowest BCUT2D eigenvalue weighted by Crippen LogP contribution is -2.39. The first-order valence-corrected chi connectivity index (χ1v) is 11.3. The van der Waals surface area contributed by atoms with E-state index in [1.54, 1.807) is 25.2 Å². The van der Waals surface area contributed by atoms with Gasteiger partial charge in [0.15, 0.2) is 0 Å². The zero-order valence-corrected chi connectivity index (χ0v) is 18.0. The highest BCUT2D eigenvalue weighted by molar-refractivity contribution is 7.91. The summed E-state index contributed by atoms with van der Waals surface area (Å²) in [4.78, 5) is 14.2. The van der Waals surface area contributed by atoms with Gasteiger partial charge in [-0.05, 0) is 48.4 Å². The summed E-state index contributed by atoms with van der Waals surface area (Å²) in [6, 6.07) is 18.3. The van der Waals surface area contributed by atoms with Gasteiger partial charge >= 0.3 is 0 Å². The zero-order chi connectivity index (χ0) is 21.5. The highest BCUT2D eigenvalue weighted by atomic mass is 32.2. The summed E-state index contributed by atoms with van der Waals surface area (Å²) in [6.45, 7) is 3.91. The van der Waals surface area contributed by atoms with Crippen LogP contribution in [0.4, 0.5) is 11.4 Å². The summed E-state index contributed by atoms with van der Waals surface area (Å²) in [6.07, 6.45) is 0. The SMILES string of the molecule is CN1C(=O)C(C)(C)COc2ccc(NS(=O)(=O)Cc3cccc4ccccc34)cc21. The van der Waals surface area contributed by atoms with Crippen molar-refractivity contribution in [2.75, 3.05) is 23.3 Å². The number of rotatable bonds is 4. The fraction of sp³-hybridized carbons (Fsp3) is 0.261. The number of hydrogen-bond donors (Lipinski definition) is 1. The third kappa shape index (κ3) is 3.85. The average Bonchev–Trinajstić information content (AvgIpc) is 2.78. The van der Waals surface area contributed by atoms with Crippen LogP contribution in [0.3, 0.4) is 0 Å². The number of nitrogens with one attached hydrogen (secondary N) is 1. The molecule has 4 rings (SSSR count). The van der Waals surface area contributed by atoms with Gasteiger partial charge in [-0.15, -0.1) is 0 Å². The second kappa shape index (κ2) is 7.32. The van der Waals surface area contributed by atoms with E-state index in [2.05, 4.69) is 4.72 Å². The van der Waals surface area contributed by atoms with Crippen LogP contribution in [0.2, 0.25) is 0 Å². The van der Waals surface area contributed by atoms with E-state index in [1.165, 1.54) is 4.90 Å². The summed E-state index contributed by atoms with van der Waals surface area (Å²) in [5, 5.41) is 1.91. The van der Waals surface area contributed by atoms with Crippen LogP contribution in [0.1, 0.15) is 19.4 Å². The molecule has 3 aromatic carbocycles. The summed E-state index contributed by atoms with van der Waals surface area (Å²) in [5.74, 6) is 0.314. The van der Waals surface area contributed by atoms with Crippen LogP contribution in [0, 0.1) is 5.41 Å². The molecule has 6 nitrogen and oxygen atoms in total. The van der Waals surface area contributed by atoms with Crippen LogP contribution >= 0.6 is 0 Å². The van der Waals surface area contributed by atoms with E-state index in [1.807, 2.05) is 56.3 Å². The van der Waals surface area contributed by atoms with Crippen molar-refractivity contribution in [3.8, 4) is 5.75 Å².